The van der Waals surface area contributed by atoms with Crippen LogP contribution in [0, 0.1) is 52.3 Å². The molecule has 0 aromatic rings. The number of ether oxygens (including phenoxy) is 1. The molecule has 0 spiro atoms. The second-order valence-corrected chi connectivity index (χ2v) is 12.4. The van der Waals surface area contributed by atoms with Crippen LogP contribution in [0.3, 0.4) is 0 Å². The van der Waals surface area contributed by atoms with Gasteiger partial charge in [-0.1, -0.05) is 53.9 Å². The summed E-state index contributed by atoms with van der Waals surface area (Å²) < 4.78 is 5.08. The number of rotatable bonds is 5. The van der Waals surface area contributed by atoms with Crippen LogP contribution in [-0.2, 0) is 14.3 Å². The number of hydrogen-bond acceptors (Lipinski definition) is 3. The number of esters is 2. The molecular formula is C27H44O3. The van der Waals surface area contributed by atoms with E-state index in [-0.39, 0.29) is 17.4 Å². The Labute approximate surface area is 184 Å². The molecule has 1 heterocycles. The van der Waals surface area contributed by atoms with E-state index in [9.17, 15) is 9.59 Å². The summed E-state index contributed by atoms with van der Waals surface area (Å²) in [5, 5.41) is 0. The fraction of sp³-hybridized carbons (Fsp3) is 0.926. The molecule has 4 aliphatic rings. The molecule has 0 amide bonds. The second-order valence-electron chi connectivity index (χ2n) is 12.4. The SMILES string of the molecule is CC(C)CCC[C@@H](C)[C@@H]1CC[C@H]2[C@H]3CC[C@H]4CC(=O)OC(=O)C[C@]4(C)[C@@H]3CC[C@@]21C. The van der Waals surface area contributed by atoms with E-state index in [1.807, 2.05) is 0 Å². The van der Waals surface area contributed by atoms with Gasteiger partial charge in [-0.25, -0.2) is 0 Å². The van der Waals surface area contributed by atoms with Crippen LogP contribution in [0.4, 0.5) is 0 Å². The summed E-state index contributed by atoms with van der Waals surface area (Å²) >= 11 is 0. The molecule has 3 heteroatoms. The topological polar surface area (TPSA) is 43.4 Å². The summed E-state index contributed by atoms with van der Waals surface area (Å²) in [6.07, 6.45) is 12.7. The molecule has 1 saturated heterocycles. The fourth-order valence-electron chi connectivity index (χ4n) is 8.89. The van der Waals surface area contributed by atoms with E-state index < -0.39 is 0 Å². The van der Waals surface area contributed by atoms with Gasteiger partial charge in [0.05, 0.1) is 6.42 Å². The lowest BCUT2D eigenvalue weighted by Gasteiger charge is -2.58. The zero-order chi connectivity index (χ0) is 21.7. The molecule has 0 aromatic carbocycles. The van der Waals surface area contributed by atoms with Gasteiger partial charge in [0.2, 0.25) is 0 Å². The maximum absolute atomic E-state index is 12.4. The van der Waals surface area contributed by atoms with Gasteiger partial charge >= 0.3 is 11.9 Å². The van der Waals surface area contributed by atoms with Gasteiger partial charge in [-0.3, -0.25) is 9.59 Å². The van der Waals surface area contributed by atoms with Crippen molar-refractivity contribution in [2.24, 2.45) is 52.3 Å². The molecule has 4 fully saturated rings. The number of fused-ring (bicyclic) bond motifs is 5. The van der Waals surface area contributed by atoms with E-state index in [4.69, 9.17) is 4.74 Å². The van der Waals surface area contributed by atoms with Crippen molar-refractivity contribution >= 4 is 11.9 Å². The van der Waals surface area contributed by atoms with Gasteiger partial charge in [0.25, 0.3) is 0 Å². The van der Waals surface area contributed by atoms with Crippen LogP contribution in [0.2, 0.25) is 0 Å². The minimum atomic E-state index is -0.288. The van der Waals surface area contributed by atoms with Crippen LogP contribution in [0.5, 0.6) is 0 Å². The van der Waals surface area contributed by atoms with Gasteiger partial charge < -0.3 is 4.74 Å². The Bertz CT molecular complexity index is 669. The molecule has 8 atom stereocenters. The van der Waals surface area contributed by atoms with E-state index >= 15 is 0 Å². The lowest BCUT2D eigenvalue weighted by Crippen LogP contribution is -2.52. The molecule has 3 nitrogen and oxygen atoms in total. The first-order chi connectivity index (χ1) is 14.1. The van der Waals surface area contributed by atoms with E-state index in [0.717, 1.165) is 36.0 Å². The van der Waals surface area contributed by atoms with Gasteiger partial charge in [-0.15, -0.1) is 0 Å². The maximum atomic E-state index is 12.4. The molecule has 0 aromatic heterocycles. The van der Waals surface area contributed by atoms with E-state index in [1.54, 1.807) is 0 Å². The average molecular weight is 417 g/mol. The highest BCUT2D eigenvalue weighted by atomic mass is 16.6. The molecule has 3 aliphatic carbocycles. The van der Waals surface area contributed by atoms with Crippen molar-refractivity contribution in [3.63, 3.8) is 0 Å². The third-order valence-electron chi connectivity index (χ3n) is 10.4. The Kier molecular flexibility index (Phi) is 6.14. The largest absolute Gasteiger partial charge is 0.393 e. The molecule has 30 heavy (non-hydrogen) atoms. The highest BCUT2D eigenvalue weighted by Gasteiger charge is 2.61. The Morgan fingerprint density at radius 1 is 0.900 bits per heavy atom. The van der Waals surface area contributed by atoms with Crippen molar-refractivity contribution in [1.82, 2.24) is 0 Å². The third-order valence-corrected chi connectivity index (χ3v) is 10.4. The Hall–Kier alpha value is -0.860. The normalized spacial score (nSPS) is 44.7. The Morgan fingerprint density at radius 3 is 2.37 bits per heavy atom. The molecule has 0 bridgehead atoms. The molecule has 3 saturated carbocycles. The molecular weight excluding hydrogens is 372 g/mol. The van der Waals surface area contributed by atoms with Crippen molar-refractivity contribution in [3.8, 4) is 0 Å². The first kappa shape index (κ1) is 22.3. The smallest absolute Gasteiger partial charge is 0.314 e. The Morgan fingerprint density at radius 2 is 1.63 bits per heavy atom. The molecule has 0 N–H and O–H groups in total. The van der Waals surface area contributed by atoms with Gasteiger partial charge in [-0.05, 0) is 90.8 Å². The zero-order valence-electron chi connectivity index (χ0n) is 20.0. The summed E-state index contributed by atoms with van der Waals surface area (Å²) in [5.41, 5.74) is 0.428. The van der Waals surface area contributed by atoms with Crippen LogP contribution in [0.1, 0.15) is 105 Å². The van der Waals surface area contributed by atoms with E-state index in [2.05, 4.69) is 34.6 Å². The minimum Gasteiger partial charge on any atom is -0.393 e. The standard InChI is InChI=1S/C27H44O3/c1-17(2)7-6-8-18(3)21-11-12-22-20-10-9-19-15-24(28)30-25(29)16-27(19,5)23(20)13-14-26(21,22)4/h17-23H,6-16H2,1-5H3/t18-,19+,20-,21+,22+,23-,26-,27+/m1/s1. The van der Waals surface area contributed by atoms with Gasteiger partial charge in [0.15, 0.2) is 0 Å². The number of carbonyl (C=O) groups excluding carboxylic acids is 2. The number of hydrogen-bond donors (Lipinski definition) is 0. The van der Waals surface area contributed by atoms with Crippen LogP contribution < -0.4 is 0 Å². The van der Waals surface area contributed by atoms with Crippen LogP contribution in [0.15, 0.2) is 0 Å². The molecule has 170 valence electrons. The highest BCUT2D eigenvalue weighted by molar-refractivity contribution is 5.87. The fourth-order valence-corrected chi connectivity index (χ4v) is 8.89. The molecule has 4 rings (SSSR count). The lowest BCUT2D eigenvalue weighted by molar-refractivity contribution is -0.159. The summed E-state index contributed by atoms with van der Waals surface area (Å²) in [7, 11) is 0. The predicted octanol–water partition coefficient (Wildman–Crippen LogP) is 6.79. The summed E-state index contributed by atoms with van der Waals surface area (Å²) in [5.74, 6) is 4.39. The van der Waals surface area contributed by atoms with Crippen molar-refractivity contribution in [3.05, 3.63) is 0 Å². The summed E-state index contributed by atoms with van der Waals surface area (Å²) in [6.45, 7) is 12.1. The van der Waals surface area contributed by atoms with Crippen molar-refractivity contribution in [2.45, 2.75) is 105 Å². The molecule has 0 unspecified atom stereocenters. The highest BCUT2D eigenvalue weighted by Crippen LogP contribution is 2.67. The first-order valence-corrected chi connectivity index (χ1v) is 12.9. The average Bonchev–Trinajstić information content (AvgIpc) is 2.94. The van der Waals surface area contributed by atoms with Gasteiger partial charge in [-0.2, -0.15) is 0 Å². The van der Waals surface area contributed by atoms with E-state index in [1.165, 1.54) is 51.4 Å². The quantitative estimate of drug-likeness (QED) is 0.366. The van der Waals surface area contributed by atoms with Crippen molar-refractivity contribution in [1.29, 1.82) is 0 Å². The second kappa shape index (κ2) is 8.24. The molecule has 1 aliphatic heterocycles. The monoisotopic (exact) mass is 416 g/mol. The number of cyclic esters (lactones) is 2. The first-order valence-electron chi connectivity index (χ1n) is 12.9. The molecule has 0 radical (unpaired) electrons. The van der Waals surface area contributed by atoms with Crippen LogP contribution >= 0.6 is 0 Å². The van der Waals surface area contributed by atoms with Crippen LogP contribution in [0.25, 0.3) is 0 Å². The van der Waals surface area contributed by atoms with E-state index in [0.29, 0.717) is 30.1 Å². The maximum Gasteiger partial charge on any atom is 0.314 e. The Balaban J connectivity index is 1.50. The van der Waals surface area contributed by atoms with Gasteiger partial charge in [0, 0.05) is 6.42 Å². The van der Waals surface area contributed by atoms with Crippen molar-refractivity contribution in [2.75, 3.05) is 0 Å². The zero-order valence-corrected chi connectivity index (χ0v) is 20.0. The number of carbonyl (C=O) groups is 2. The third kappa shape index (κ3) is 3.77. The summed E-state index contributed by atoms with van der Waals surface area (Å²) in [6, 6.07) is 0. The minimum absolute atomic E-state index is 0.0472. The predicted molar refractivity (Wildman–Crippen MR) is 120 cm³/mol. The lowest BCUT2D eigenvalue weighted by atomic mass is 9.46. The van der Waals surface area contributed by atoms with Crippen molar-refractivity contribution < 1.29 is 14.3 Å². The van der Waals surface area contributed by atoms with Crippen LogP contribution in [-0.4, -0.2) is 11.9 Å². The van der Waals surface area contributed by atoms with Gasteiger partial charge in [0.1, 0.15) is 0 Å². The summed E-state index contributed by atoms with van der Waals surface area (Å²) in [4.78, 5) is 24.5.